The van der Waals surface area contributed by atoms with E-state index in [1.54, 1.807) is 24.3 Å². The first-order valence-corrected chi connectivity index (χ1v) is 8.25. The van der Waals surface area contributed by atoms with Gasteiger partial charge in [0.15, 0.2) is 0 Å². The van der Waals surface area contributed by atoms with Crippen molar-refractivity contribution in [2.75, 3.05) is 0 Å². The highest BCUT2D eigenvalue weighted by Crippen LogP contribution is 2.21. The van der Waals surface area contributed by atoms with Gasteiger partial charge >= 0.3 is 0 Å². The zero-order valence-corrected chi connectivity index (χ0v) is 14.6. The molecule has 0 aliphatic rings. The quantitative estimate of drug-likeness (QED) is 0.791. The van der Waals surface area contributed by atoms with Crippen LogP contribution in [0.4, 0.5) is 0 Å². The fourth-order valence-corrected chi connectivity index (χ4v) is 3.04. The van der Waals surface area contributed by atoms with Crippen LogP contribution < -0.4 is 5.32 Å². The van der Waals surface area contributed by atoms with Crippen molar-refractivity contribution >= 4 is 16.9 Å². The van der Waals surface area contributed by atoms with Crippen LogP contribution in [0.2, 0.25) is 0 Å². The Balaban J connectivity index is 1.77. The number of nitrogens with one attached hydrogen (secondary N) is 1. The normalized spacial score (nSPS) is 10.8. The van der Waals surface area contributed by atoms with E-state index in [1.807, 2.05) is 31.2 Å². The minimum absolute atomic E-state index is 0.193. The number of fused-ring (bicyclic) bond motifs is 1. The molecule has 3 aromatic rings. The van der Waals surface area contributed by atoms with Crippen molar-refractivity contribution in [1.82, 2.24) is 14.9 Å². The molecule has 0 aliphatic carbocycles. The molecule has 126 valence electrons. The van der Waals surface area contributed by atoms with Crippen molar-refractivity contribution in [1.29, 1.82) is 5.26 Å². The minimum Gasteiger partial charge on any atom is -0.348 e. The smallest absolute Gasteiger partial charge is 0.251 e. The van der Waals surface area contributed by atoms with Crippen molar-refractivity contribution in [3.63, 3.8) is 0 Å². The van der Waals surface area contributed by atoms with Crippen molar-refractivity contribution in [3.8, 4) is 6.07 Å². The maximum atomic E-state index is 12.3. The number of aryl methyl sites for hydroxylation is 1. The second kappa shape index (κ2) is 6.78. The lowest BCUT2D eigenvalue weighted by molar-refractivity contribution is 0.0951. The van der Waals surface area contributed by atoms with Gasteiger partial charge in [0.1, 0.15) is 5.82 Å². The Morgan fingerprint density at radius 1 is 1.28 bits per heavy atom. The average molecular weight is 332 g/mol. The lowest BCUT2D eigenvalue weighted by Gasteiger charge is -2.11. The topological polar surface area (TPSA) is 70.7 Å². The van der Waals surface area contributed by atoms with E-state index in [2.05, 4.69) is 28.7 Å². The number of imidazole rings is 1. The van der Waals surface area contributed by atoms with Gasteiger partial charge in [0, 0.05) is 18.2 Å². The molecule has 0 bridgehead atoms. The summed E-state index contributed by atoms with van der Waals surface area (Å²) in [5, 5.41) is 11.8. The van der Waals surface area contributed by atoms with Crippen LogP contribution in [0, 0.1) is 18.3 Å². The van der Waals surface area contributed by atoms with Crippen LogP contribution in [-0.2, 0) is 6.54 Å². The molecule has 0 atom stereocenters. The third kappa shape index (κ3) is 3.38. The number of carbonyl (C=O) groups is 1. The lowest BCUT2D eigenvalue weighted by atomic mass is 10.1. The van der Waals surface area contributed by atoms with Crippen molar-refractivity contribution < 1.29 is 4.79 Å². The second-order valence-corrected chi connectivity index (χ2v) is 6.32. The van der Waals surface area contributed by atoms with Gasteiger partial charge in [-0.3, -0.25) is 4.79 Å². The number of hydrogen-bond donors (Lipinski definition) is 1. The van der Waals surface area contributed by atoms with E-state index in [1.165, 1.54) is 0 Å². The summed E-state index contributed by atoms with van der Waals surface area (Å²) in [5.41, 5.74) is 3.99. The van der Waals surface area contributed by atoms with Crippen LogP contribution in [0.3, 0.4) is 0 Å². The molecule has 1 aromatic heterocycles. The number of carbonyl (C=O) groups excluding carboxylic acids is 1. The number of amides is 1. The maximum Gasteiger partial charge on any atom is 0.251 e. The zero-order valence-electron chi connectivity index (χ0n) is 14.6. The number of nitrogens with zero attached hydrogens (tertiary/aromatic N) is 3. The van der Waals surface area contributed by atoms with Crippen molar-refractivity contribution in [2.24, 2.45) is 0 Å². The number of aromatic nitrogens is 2. The molecule has 5 heteroatoms. The van der Waals surface area contributed by atoms with Gasteiger partial charge in [-0.15, -0.1) is 0 Å². The van der Waals surface area contributed by atoms with Gasteiger partial charge in [0.05, 0.1) is 22.7 Å². The Hall–Kier alpha value is -3.13. The molecule has 0 spiro atoms. The second-order valence-electron chi connectivity index (χ2n) is 6.32. The van der Waals surface area contributed by atoms with Gasteiger partial charge in [0.25, 0.3) is 5.91 Å². The molecule has 0 saturated heterocycles. The van der Waals surface area contributed by atoms with Crippen LogP contribution in [0.25, 0.3) is 11.0 Å². The predicted molar refractivity (Wildman–Crippen MR) is 97.2 cm³/mol. The Morgan fingerprint density at radius 3 is 2.80 bits per heavy atom. The lowest BCUT2D eigenvalue weighted by Crippen LogP contribution is -2.22. The average Bonchev–Trinajstić information content (AvgIpc) is 2.94. The number of rotatable bonds is 4. The Morgan fingerprint density at radius 2 is 2.08 bits per heavy atom. The van der Waals surface area contributed by atoms with E-state index < -0.39 is 0 Å². The summed E-state index contributed by atoms with van der Waals surface area (Å²) in [7, 11) is 0. The molecule has 0 aliphatic heterocycles. The molecule has 1 N–H and O–H groups in total. The van der Waals surface area contributed by atoms with Gasteiger partial charge in [0.2, 0.25) is 0 Å². The van der Waals surface area contributed by atoms with Crippen LogP contribution in [-0.4, -0.2) is 15.5 Å². The molecule has 3 rings (SSSR count). The summed E-state index contributed by atoms with van der Waals surface area (Å²) in [6.45, 7) is 6.69. The first-order valence-electron chi connectivity index (χ1n) is 8.25. The molecule has 1 amide bonds. The number of benzene rings is 2. The maximum absolute atomic E-state index is 12.3. The summed E-state index contributed by atoms with van der Waals surface area (Å²) in [5.74, 6) is 0.792. The molecule has 0 fully saturated rings. The molecular weight excluding hydrogens is 312 g/mol. The van der Waals surface area contributed by atoms with E-state index in [0.29, 0.717) is 23.7 Å². The molecule has 2 aromatic carbocycles. The number of hydrogen-bond acceptors (Lipinski definition) is 3. The van der Waals surface area contributed by atoms with E-state index in [4.69, 9.17) is 5.26 Å². The van der Waals surface area contributed by atoms with E-state index >= 15 is 0 Å². The van der Waals surface area contributed by atoms with E-state index in [9.17, 15) is 4.79 Å². The Kier molecular flexibility index (Phi) is 4.53. The summed E-state index contributed by atoms with van der Waals surface area (Å²) >= 11 is 0. The predicted octanol–water partition coefficient (Wildman–Crippen LogP) is 3.73. The van der Waals surface area contributed by atoms with Crippen molar-refractivity contribution in [2.45, 2.75) is 33.4 Å². The minimum atomic E-state index is -0.193. The third-order valence-corrected chi connectivity index (χ3v) is 4.15. The van der Waals surface area contributed by atoms with Crippen LogP contribution in [0.15, 0.2) is 42.5 Å². The zero-order chi connectivity index (χ0) is 18.0. The summed E-state index contributed by atoms with van der Waals surface area (Å²) in [6.07, 6.45) is 0. The SMILES string of the molecule is Cc1nc2cc(CNC(=O)c3cccc(C#N)c3)ccc2n1C(C)C. The van der Waals surface area contributed by atoms with Gasteiger partial charge in [-0.1, -0.05) is 12.1 Å². The van der Waals surface area contributed by atoms with E-state index in [0.717, 1.165) is 22.4 Å². The molecule has 0 saturated carbocycles. The largest absolute Gasteiger partial charge is 0.348 e. The molecule has 0 unspecified atom stereocenters. The first-order chi connectivity index (χ1) is 12.0. The molecule has 25 heavy (non-hydrogen) atoms. The van der Waals surface area contributed by atoms with Crippen molar-refractivity contribution in [3.05, 3.63) is 65.0 Å². The fourth-order valence-electron chi connectivity index (χ4n) is 3.04. The summed E-state index contributed by atoms with van der Waals surface area (Å²) in [6, 6.07) is 15.1. The fraction of sp³-hybridized carbons (Fsp3) is 0.250. The highest BCUT2D eigenvalue weighted by Gasteiger charge is 2.11. The van der Waals surface area contributed by atoms with Gasteiger partial charge in [-0.05, 0) is 56.7 Å². The van der Waals surface area contributed by atoms with Crippen LogP contribution in [0.5, 0.6) is 0 Å². The third-order valence-electron chi connectivity index (χ3n) is 4.15. The van der Waals surface area contributed by atoms with Gasteiger partial charge in [-0.2, -0.15) is 5.26 Å². The molecule has 0 radical (unpaired) electrons. The van der Waals surface area contributed by atoms with Gasteiger partial charge < -0.3 is 9.88 Å². The molecule has 5 nitrogen and oxygen atoms in total. The Labute approximate surface area is 146 Å². The Bertz CT molecular complexity index is 979. The first kappa shape index (κ1) is 16.7. The molecular formula is C20H20N4O. The molecule has 1 heterocycles. The highest BCUT2D eigenvalue weighted by molar-refractivity contribution is 5.94. The monoisotopic (exact) mass is 332 g/mol. The number of nitriles is 1. The van der Waals surface area contributed by atoms with Crippen LogP contribution >= 0.6 is 0 Å². The van der Waals surface area contributed by atoms with E-state index in [-0.39, 0.29) is 5.91 Å². The van der Waals surface area contributed by atoms with Crippen LogP contribution in [0.1, 0.15) is 47.2 Å². The highest BCUT2D eigenvalue weighted by atomic mass is 16.1. The summed E-state index contributed by atoms with van der Waals surface area (Å²) in [4.78, 5) is 16.9. The summed E-state index contributed by atoms with van der Waals surface area (Å²) < 4.78 is 2.20. The van der Waals surface area contributed by atoms with Gasteiger partial charge in [-0.25, -0.2) is 4.98 Å². The standard InChI is InChI=1S/C20H20N4O/c1-13(2)24-14(3)23-18-10-16(7-8-19(18)24)12-22-20(25)17-6-4-5-15(9-17)11-21/h4-10,13H,12H2,1-3H3,(H,22,25).